The Labute approximate surface area is 730 Å². The predicted molar refractivity (Wildman–Crippen MR) is 461 cm³/mol. The van der Waals surface area contributed by atoms with Crippen LogP contribution in [0, 0.1) is 41.4 Å². The smallest absolute Gasteiger partial charge is 0.434 e. The molecule has 2 aromatic carbocycles. The number of rotatable bonds is 28. The number of ether oxygens (including phenoxy) is 1. The second kappa shape index (κ2) is 48.0. The van der Waals surface area contributed by atoms with E-state index in [-0.39, 0.29) is 116 Å². The van der Waals surface area contributed by atoms with E-state index in [2.05, 4.69) is 54.2 Å². The summed E-state index contributed by atoms with van der Waals surface area (Å²) in [5.74, 6) is -14.3. The van der Waals surface area contributed by atoms with Crippen molar-refractivity contribution in [2.75, 3.05) is 86.2 Å². The van der Waals surface area contributed by atoms with E-state index in [4.69, 9.17) is 16.3 Å². The van der Waals surface area contributed by atoms with Crippen LogP contribution >= 0.6 is 11.6 Å². The van der Waals surface area contributed by atoms with Gasteiger partial charge in [0.05, 0.1) is 30.1 Å². The second-order valence-electron chi connectivity index (χ2n) is 34.4. The summed E-state index contributed by atoms with van der Waals surface area (Å²) in [6, 6.07) is -4.54. The summed E-state index contributed by atoms with van der Waals surface area (Å²) in [5.41, 5.74) is -2.30. The average molecular weight is 1770 g/mol. The number of nitrogens with one attached hydrogen (secondary N) is 8. The van der Waals surface area contributed by atoms with Crippen molar-refractivity contribution >= 4 is 112 Å². The molecule has 12 atom stereocenters. The van der Waals surface area contributed by atoms with Gasteiger partial charge in [-0.15, -0.1) is 0 Å². The third kappa shape index (κ3) is 30.0. The molecule has 0 bridgehead atoms. The molecule has 0 aliphatic carbocycles. The summed E-state index contributed by atoms with van der Waals surface area (Å²) in [7, 11) is 9.50. The normalized spacial score (nSPS) is 21.9. The van der Waals surface area contributed by atoms with Crippen molar-refractivity contribution in [3.63, 3.8) is 0 Å². The highest BCUT2D eigenvalue weighted by Gasteiger charge is 2.47. The highest BCUT2D eigenvalue weighted by Crippen LogP contribution is 2.36. The summed E-state index contributed by atoms with van der Waals surface area (Å²) in [6.07, 6.45) is -4.90. The molecular weight excluding hydrogens is 1640 g/mol. The summed E-state index contributed by atoms with van der Waals surface area (Å²) in [5, 5.41) is 37.4. The SMILES string of the molecule is C=CC(=O)Nc1cc(Cl)cc(NC(=O)c2cnn(-c3ccc(OCC(=O)NCCNC(=O)CCC[C@@H](C)[C@@H](O)[C@H]4C(=O)N[C@@H](CC)C(=O)N(C)CC(=O)N(C)[C@@H](CC(C)C)C(=O)N[C@@H](C(C)C)C(=O)N(C)[C@@H](CC(C)C)C(=O)NC(C)C(=O)N[C@H](C)C(=O)N(C)[C@@H](CC(C)C)C(=O)N(C)[C@@H](CC(C)C)C(=O)N(C)[C@@H](C(C)C)C(=O)N4C)cc3)c2C(F)(F)F)c1. The Balaban J connectivity index is 1.65. The Morgan fingerprint density at radius 2 is 1.06 bits per heavy atom. The van der Waals surface area contributed by atoms with Crippen molar-refractivity contribution in [3.05, 3.63) is 77.6 Å². The lowest BCUT2D eigenvalue weighted by atomic mass is 9.90. The number of hydrogen-bond acceptors (Lipinski definition) is 18. The molecule has 1 fully saturated rings. The lowest BCUT2D eigenvalue weighted by Crippen LogP contribution is -2.63. The molecule has 690 valence electrons. The van der Waals surface area contributed by atoms with Crippen molar-refractivity contribution in [2.45, 2.75) is 235 Å². The van der Waals surface area contributed by atoms with Gasteiger partial charge in [0.1, 0.15) is 66.2 Å². The number of aromatic nitrogens is 2. The number of carbonyl (C=O) groups is 15. The molecule has 0 spiro atoms. The van der Waals surface area contributed by atoms with Gasteiger partial charge in [0, 0.05) is 85.2 Å². The van der Waals surface area contributed by atoms with E-state index in [1.807, 2.05) is 55.4 Å². The monoisotopic (exact) mass is 1770 g/mol. The topological polar surface area (TPSA) is 422 Å². The first-order valence-corrected chi connectivity index (χ1v) is 42.3. The number of aliphatic hydroxyl groups excluding tert-OH is 1. The lowest BCUT2D eigenvalue weighted by Gasteiger charge is -2.41. The van der Waals surface area contributed by atoms with Gasteiger partial charge < -0.3 is 86.7 Å². The van der Waals surface area contributed by atoms with Gasteiger partial charge in [-0.2, -0.15) is 18.3 Å². The van der Waals surface area contributed by atoms with Crippen LogP contribution in [0.15, 0.2) is 61.3 Å². The van der Waals surface area contributed by atoms with Crippen LogP contribution < -0.4 is 47.3 Å². The minimum Gasteiger partial charge on any atom is -0.484 e. The first kappa shape index (κ1) is 106. The van der Waals surface area contributed by atoms with Crippen molar-refractivity contribution in [2.24, 2.45) is 41.4 Å². The van der Waals surface area contributed by atoms with E-state index in [1.165, 1.54) is 125 Å². The largest absolute Gasteiger partial charge is 0.484 e. The number of anilines is 2. The number of halogens is 4. The van der Waals surface area contributed by atoms with Gasteiger partial charge >= 0.3 is 6.18 Å². The third-order valence-electron chi connectivity index (χ3n) is 21.5. The lowest BCUT2D eigenvalue weighted by molar-refractivity contribution is -0.157. The zero-order valence-corrected chi connectivity index (χ0v) is 76.6. The van der Waals surface area contributed by atoms with Gasteiger partial charge in [-0.3, -0.25) is 71.9 Å². The molecular formula is C86H131ClF3N17O17. The van der Waals surface area contributed by atoms with Crippen LogP contribution in [0.25, 0.3) is 5.69 Å². The Morgan fingerprint density at radius 3 is 1.58 bits per heavy atom. The molecule has 4 rings (SSSR count). The highest BCUT2D eigenvalue weighted by molar-refractivity contribution is 6.31. The van der Waals surface area contributed by atoms with E-state index in [1.54, 1.807) is 41.5 Å². The van der Waals surface area contributed by atoms with E-state index < -0.39 is 203 Å². The summed E-state index contributed by atoms with van der Waals surface area (Å²) < 4.78 is 50.0. The summed E-state index contributed by atoms with van der Waals surface area (Å²) in [6.45, 7) is 29.3. The van der Waals surface area contributed by atoms with E-state index in [9.17, 15) is 71.0 Å². The number of carbonyl (C=O) groups excluding carboxylic acids is 15. The number of alkyl halides is 3. The van der Waals surface area contributed by atoms with Crippen molar-refractivity contribution in [1.29, 1.82) is 0 Å². The standard InChI is InChI=1S/C86H131ClF3N17O17/c1-25-61-81(119)100(18)44-69(111)101(19)62(36-46(3)4)78(116)99-70(50(11)12)84(122)102(20)63(37-47(5)6)77(115)94-53(16)75(113)95-54(17)80(118)103(21)64(38-48(7)8)82(120)104(22)65(39-49(9)10)83(121)105(23)71(51(13)14)85(123)106(24)72(79(117)98-61)73(112)52(15)28-27-29-67(109)91-34-35-92-68(110)45-124-59-32-30-58(31-33-59)107-74(86(88,89)90)60(43-93-107)76(114)97-57-41-55(87)40-56(42-57)96-66(108)26-2/h26,30-33,40-43,46-54,61-65,70-73,112H,2,25,27-29,34-39,44-45H2,1,3-24H3,(H,91,109)(H,92,110)(H,94,115)(H,95,113)(H,96,108)(H,97,114)(H,98,117)(H,99,116)/t52-,53?,54-,61+,62+,63+,64+,65+,70+,71+,72+,73-/m1/s1. The van der Waals surface area contributed by atoms with Crippen LogP contribution in [0.4, 0.5) is 24.5 Å². The number of benzene rings is 2. The van der Waals surface area contributed by atoms with Gasteiger partial charge in [0.15, 0.2) is 12.3 Å². The van der Waals surface area contributed by atoms with Crippen molar-refractivity contribution < 1.29 is 94.9 Å². The van der Waals surface area contributed by atoms with E-state index in [0.717, 1.165) is 27.0 Å². The van der Waals surface area contributed by atoms with Gasteiger partial charge in [0.2, 0.25) is 76.8 Å². The minimum atomic E-state index is -5.09. The maximum Gasteiger partial charge on any atom is 0.434 e. The zero-order chi connectivity index (χ0) is 94.1. The Hall–Kier alpha value is -10.7. The maximum absolute atomic E-state index is 15.5. The molecule has 3 aromatic rings. The number of amides is 15. The van der Waals surface area contributed by atoms with Crippen molar-refractivity contribution in [1.82, 2.24) is 76.0 Å². The van der Waals surface area contributed by atoms with E-state index >= 15 is 19.2 Å². The first-order valence-electron chi connectivity index (χ1n) is 41.9. The molecule has 9 N–H and O–H groups in total. The average Bonchev–Trinajstić information content (AvgIpc) is 1.56. The molecule has 0 saturated carbocycles. The molecule has 1 saturated heterocycles. The quantitative estimate of drug-likeness (QED) is 0.0296. The van der Waals surface area contributed by atoms with Gasteiger partial charge in [-0.1, -0.05) is 115 Å². The molecule has 124 heavy (non-hydrogen) atoms. The molecule has 34 nitrogen and oxygen atoms in total. The fraction of sp³-hybridized carbons (Fsp3) is 0.628. The molecule has 1 aliphatic heterocycles. The van der Waals surface area contributed by atoms with Crippen LogP contribution in [0.3, 0.4) is 0 Å². The second-order valence-corrected chi connectivity index (χ2v) is 34.8. The van der Waals surface area contributed by atoms with Gasteiger partial charge in [-0.05, 0) is 149 Å². The van der Waals surface area contributed by atoms with Crippen LogP contribution in [-0.4, -0.2) is 280 Å². The van der Waals surface area contributed by atoms with Gasteiger partial charge in [-0.25, -0.2) is 4.68 Å². The molecule has 38 heteroatoms. The number of nitrogens with zero attached hydrogens (tertiary/aromatic N) is 9. The molecule has 1 aromatic heterocycles. The fourth-order valence-electron chi connectivity index (χ4n) is 14.4. The Kier molecular flexibility index (Phi) is 40.8. The summed E-state index contributed by atoms with van der Waals surface area (Å²) in [4.78, 5) is 222. The molecule has 2 heterocycles. The van der Waals surface area contributed by atoms with Crippen LogP contribution in [0.2, 0.25) is 5.02 Å². The molecule has 1 aliphatic rings. The number of likely N-dealkylation sites (N-methyl/N-ethyl adjacent to an activating group) is 7. The van der Waals surface area contributed by atoms with Gasteiger partial charge in [0.25, 0.3) is 11.8 Å². The first-order chi connectivity index (χ1) is 57.7. The number of aliphatic hydroxyl groups is 1. The molecule has 15 amide bonds. The van der Waals surface area contributed by atoms with Crippen LogP contribution in [-0.2, 0) is 73.3 Å². The molecule has 1 unspecified atom stereocenters. The zero-order valence-electron chi connectivity index (χ0n) is 75.8. The Bertz CT molecular complexity index is 4260. The van der Waals surface area contributed by atoms with Crippen LogP contribution in [0.5, 0.6) is 5.75 Å². The van der Waals surface area contributed by atoms with Crippen LogP contribution in [0.1, 0.15) is 178 Å². The summed E-state index contributed by atoms with van der Waals surface area (Å²) >= 11 is 6.13. The third-order valence-corrected chi connectivity index (χ3v) is 21.7. The Morgan fingerprint density at radius 1 is 0.581 bits per heavy atom. The number of hydrogen-bond donors (Lipinski definition) is 9. The van der Waals surface area contributed by atoms with E-state index in [0.29, 0.717) is 4.68 Å². The molecule has 0 radical (unpaired) electrons. The highest BCUT2D eigenvalue weighted by atomic mass is 35.5. The maximum atomic E-state index is 15.5. The van der Waals surface area contributed by atoms with Crippen molar-refractivity contribution in [3.8, 4) is 11.4 Å². The predicted octanol–water partition coefficient (Wildman–Crippen LogP) is 6.02. The minimum absolute atomic E-state index is 0.0361. The fourth-order valence-corrected chi connectivity index (χ4v) is 14.7.